The maximum absolute atomic E-state index is 12.0. The zero-order valence-electron chi connectivity index (χ0n) is 22.2. The molecule has 4 fully saturated rings. The molecular formula is C30H50O2. The third-order valence-electron chi connectivity index (χ3n) is 12.9. The Morgan fingerprint density at radius 2 is 1.41 bits per heavy atom. The standard InChI is InChI=1S/C30H50O2/c1-25(2)13-14-27(5)15-16-29(7)19(20(27)18-25)17-21(31)24-28(6)11-10-23(32)26(3,4)22(28)9-12-30(24,29)8/h18-19,21-24,31-32H,9-17H2,1-8H3/t19-,21+,22+,23+,24-,27-,28+,29-,30-/m1/s1. The molecule has 5 rings (SSSR count). The van der Waals surface area contributed by atoms with Crippen molar-refractivity contribution in [1.82, 2.24) is 0 Å². The monoisotopic (exact) mass is 442 g/mol. The first-order valence-electron chi connectivity index (χ1n) is 13.7. The van der Waals surface area contributed by atoms with Gasteiger partial charge in [-0.25, -0.2) is 0 Å². The van der Waals surface area contributed by atoms with E-state index in [1.165, 1.54) is 38.5 Å². The largest absolute Gasteiger partial charge is 0.393 e. The van der Waals surface area contributed by atoms with Crippen molar-refractivity contribution in [2.24, 2.45) is 50.2 Å². The van der Waals surface area contributed by atoms with Crippen LogP contribution in [0.25, 0.3) is 0 Å². The molecule has 0 bridgehead atoms. The number of hydrogen-bond donors (Lipinski definition) is 2. The van der Waals surface area contributed by atoms with Crippen LogP contribution in [-0.2, 0) is 0 Å². The molecule has 0 aromatic rings. The molecule has 0 heterocycles. The van der Waals surface area contributed by atoms with Crippen molar-refractivity contribution >= 4 is 0 Å². The lowest BCUT2D eigenvalue weighted by Gasteiger charge is -2.73. The molecule has 0 radical (unpaired) electrons. The van der Waals surface area contributed by atoms with E-state index in [4.69, 9.17) is 0 Å². The van der Waals surface area contributed by atoms with E-state index in [0.29, 0.717) is 23.2 Å². The smallest absolute Gasteiger partial charge is 0.0594 e. The molecule has 5 aliphatic carbocycles. The zero-order chi connectivity index (χ0) is 23.5. The molecule has 0 aromatic heterocycles. The van der Waals surface area contributed by atoms with Gasteiger partial charge in [0, 0.05) is 0 Å². The number of hydrogen-bond acceptors (Lipinski definition) is 2. The number of aliphatic hydroxyl groups excluding tert-OH is 2. The molecular weight excluding hydrogens is 392 g/mol. The minimum atomic E-state index is -0.231. The maximum Gasteiger partial charge on any atom is 0.0594 e. The summed E-state index contributed by atoms with van der Waals surface area (Å²) in [4.78, 5) is 0. The second kappa shape index (κ2) is 6.66. The van der Waals surface area contributed by atoms with Crippen LogP contribution in [0.2, 0.25) is 0 Å². The number of allylic oxidation sites excluding steroid dienone is 2. The molecule has 4 saturated carbocycles. The van der Waals surface area contributed by atoms with Crippen LogP contribution in [0.3, 0.4) is 0 Å². The van der Waals surface area contributed by atoms with E-state index < -0.39 is 0 Å². The summed E-state index contributed by atoms with van der Waals surface area (Å²) in [5.74, 6) is 1.34. The predicted octanol–water partition coefficient (Wildman–Crippen LogP) is 7.14. The number of rotatable bonds is 0. The first-order chi connectivity index (χ1) is 14.6. The predicted molar refractivity (Wildman–Crippen MR) is 132 cm³/mol. The van der Waals surface area contributed by atoms with Crippen molar-refractivity contribution in [3.63, 3.8) is 0 Å². The minimum Gasteiger partial charge on any atom is -0.393 e. The van der Waals surface area contributed by atoms with E-state index in [1.54, 1.807) is 5.57 Å². The fourth-order valence-corrected chi connectivity index (χ4v) is 10.7. The van der Waals surface area contributed by atoms with Gasteiger partial charge >= 0.3 is 0 Å². The van der Waals surface area contributed by atoms with Gasteiger partial charge in [-0.3, -0.25) is 0 Å². The fourth-order valence-electron chi connectivity index (χ4n) is 10.7. The Hall–Kier alpha value is -0.340. The van der Waals surface area contributed by atoms with Gasteiger partial charge in [-0.2, -0.15) is 0 Å². The molecule has 182 valence electrons. The lowest BCUT2D eigenvalue weighted by molar-refractivity contribution is -0.259. The Morgan fingerprint density at radius 3 is 2.09 bits per heavy atom. The Balaban J connectivity index is 1.60. The van der Waals surface area contributed by atoms with Crippen LogP contribution in [0.15, 0.2) is 11.6 Å². The van der Waals surface area contributed by atoms with Gasteiger partial charge < -0.3 is 10.2 Å². The highest BCUT2D eigenvalue weighted by atomic mass is 16.3. The molecule has 5 aliphatic rings. The van der Waals surface area contributed by atoms with Crippen LogP contribution in [-0.4, -0.2) is 22.4 Å². The SMILES string of the molecule is CC1(C)C=C2[C@H]3C[C@H](O)[C@@H]4[C@@]5(C)CC[C@H](O)C(C)(C)[C@@H]5CC[C@@]4(C)[C@]3(C)CC[C@@]2(C)CC1. The summed E-state index contributed by atoms with van der Waals surface area (Å²) in [5, 5.41) is 22.9. The van der Waals surface area contributed by atoms with Gasteiger partial charge in [0.25, 0.3) is 0 Å². The van der Waals surface area contributed by atoms with Crippen LogP contribution in [0, 0.1) is 50.2 Å². The summed E-state index contributed by atoms with van der Waals surface area (Å²) in [7, 11) is 0. The van der Waals surface area contributed by atoms with Crippen molar-refractivity contribution in [3.05, 3.63) is 11.6 Å². The third kappa shape index (κ3) is 2.78. The highest BCUT2D eigenvalue weighted by Gasteiger charge is 2.70. The average Bonchev–Trinajstić information content (AvgIpc) is 2.68. The van der Waals surface area contributed by atoms with E-state index in [9.17, 15) is 10.2 Å². The molecule has 0 aromatic carbocycles. The third-order valence-corrected chi connectivity index (χ3v) is 12.9. The van der Waals surface area contributed by atoms with Gasteiger partial charge in [-0.05, 0) is 108 Å². The Bertz CT molecular complexity index is 825. The molecule has 0 amide bonds. The lowest BCUT2D eigenvalue weighted by atomic mass is 9.32. The van der Waals surface area contributed by atoms with Crippen LogP contribution in [0.5, 0.6) is 0 Å². The molecule has 9 atom stereocenters. The summed E-state index contributed by atoms with van der Waals surface area (Å²) in [6.07, 6.45) is 12.7. The van der Waals surface area contributed by atoms with Gasteiger partial charge in [0.05, 0.1) is 12.2 Å². The number of fused-ring (bicyclic) bond motifs is 7. The molecule has 0 unspecified atom stereocenters. The highest BCUT2D eigenvalue weighted by molar-refractivity contribution is 5.32. The molecule has 0 aliphatic heterocycles. The van der Waals surface area contributed by atoms with E-state index in [-0.39, 0.29) is 39.3 Å². The summed E-state index contributed by atoms with van der Waals surface area (Å²) < 4.78 is 0. The molecule has 32 heavy (non-hydrogen) atoms. The minimum absolute atomic E-state index is 0.0626. The van der Waals surface area contributed by atoms with Crippen LogP contribution in [0.4, 0.5) is 0 Å². The van der Waals surface area contributed by atoms with Crippen molar-refractivity contribution in [2.75, 3.05) is 0 Å². The average molecular weight is 443 g/mol. The molecule has 0 saturated heterocycles. The molecule has 2 nitrogen and oxygen atoms in total. The molecule has 2 N–H and O–H groups in total. The summed E-state index contributed by atoms with van der Waals surface area (Å²) in [6, 6.07) is 0. The summed E-state index contributed by atoms with van der Waals surface area (Å²) in [6.45, 7) is 19.6. The van der Waals surface area contributed by atoms with Crippen molar-refractivity contribution in [1.29, 1.82) is 0 Å². The van der Waals surface area contributed by atoms with Gasteiger partial charge in [-0.1, -0.05) is 67.0 Å². The van der Waals surface area contributed by atoms with Gasteiger partial charge in [0.1, 0.15) is 0 Å². The van der Waals surface area contributed by atoms with E-state index in [1.807, 2.05) is 0 Å². The van der Waals surface area contributed by atoms with Crippen LogP contribution >= 0.6 is 0 Å². The summed E-state index contributed by atoms with van der Waals surface area (Å²) >= 11 is 0. The lowest BCUT2D eigenvalue weighted by Crippen LogP contribution is -2.69. The van der Waals surface area contributed by atoms with Gasteiger partial charge in [0.15, 0.2) is 0 Å². The van der Waals surface area contributed by atoms with E-state index in [0.717, 1.165) is 19.3 Å². The second-order valence-electron chi connectivity index (χ2n) is 15.3. The normalized spacial score (nSPS) is 56.2. The Kier molecular flexibility index (Phi) is 4.87. The quantitative estimate of drug-likeness (QED) is 0.391. The fraction of sp³-hybridized carbons (Fsp3) is 0.933. The van der Waals surface area contributed by atoms with Crippen LogP contribution in [0.1, 0.15) is 113 Å². The number of aliphatic hydroxyl groups is 2. The topological polar surface area (TPSA) is 40.5 Å². The first-order valence-corrected chi connectivity index (χ1v) is 13.7. The molecule has 2 heteroatoms. The van der Waals surface area contributed by atoms with Crippen molar-refractivity contribution in [2.45, 2.75) is 125 Å². The van der Waals surface area contributed by atoms with Crippen molar-refractivity contribution in [3.8, 4) is 0 Å². The summed E-state index contributed by atoms with van der Waals surface area (Å²) in [5.41, 5.74) is 2.78. The van der Waals surface area contributed by atoms with Crippen molar-refractivity contribution < 1.29 is 10.2 Å². The zero-order valence-corrected chi connectivity index (χ0v) is 22.2. The van der Waals surface area contributed by atoms with E-state index >= 15 is 0 Å². The second-order valence-corrected chi connectivity index (χ2v) is 15.3. The molecule has 0 spiro atoms. The van der Waals surface area contributed by atoms with Gasteiger partial charge in [0.2, 0.25) is 0 Å². The Labute approximate surface area is 197 Å². The van der Waals surface area contributed by atoms with Gasteiger partial charge in [-0.15, -0.1) is 0 Å². The maximum atomic E-state index is 12.0. The first kappa shape index (κ1) is 23.4. The van der Waals surface area contributed by atoms with E-state index in [2.05, 4.69) is 61.5 Å². The van der Waals surface area contributed by atoms with Crippen LogP contribution < -0.4 is 0 Å². The highest BCUT2D eigenvalue weighted by Crippen LogP contribution is 2.76. The Morgan fingerprint density at radius 1 is 0.750 bits per heavy atom.